The molecule has 4 N–H and O–H groups in total. The molecule has 2 heterocycles. The van der Waals surface area contributed by atoms with Crippen LogP contribution in [-0.2, 0) is 10.0 Å². The number of likely N-dealkylation sites (N-methyl/N-ethyl adjacent to an activating group) is 1. The molecule has 0 spiro atoms. The molecule has 0 saturated carbocycles. The van der Waals surface area contributed by atoms with E-state index in [9.17, 15) is 8.42 Å². The van der Waals surface area contributed by atoms with Gasteiger partial charge in [0.05, 0.1) is 10.4 Å². The lowest BCUT2D eigenvalue weighted by molar-refractivity contribution is 0.566. The first-order valence-corrected chi connectivity index (χ1v) is 12.9. The van der Waals surface area contributed by atoms with Gasteiger partial charge in [0.25, 0.3) is 0 Å². The largest absolute Gasteiger partial charge is 0.384 e. The van der Waals surface area contributed by atoms with Crippen molar-refractivity contribution < 1.29 is 8.42 Å². The van der Waals surface area contributed by atoms with Gasteiger partial charge in [-0.2, -0.15) is 4.98 Å². The Morgan fingerprint density at radius 3 is 2.40 bits per heavy atom. The van der Waals surface area contributed by atoms with Gasteiger partial charge in [0.2, 0.25) is 16.0 Å². The van der Waals surface area contributed by atoms with Crippen LogP contribution in [0.5, 0.6) is 0 Å². The highest BCUT2D eigenvalue weighted by atomic mass is 32.2. The van der Waals surface area contributed by atoms with Gasteiger partial charge < -0.3 is 20.5 Å². The maximum Gasteiger partial charge on any atom is 0.237 e. The van der Waals surface area contributed by atoms with Crippen LogP contribution in [0.4, 0.5) is 23.0 Å². The van der Waals surface area contributed by atoms with E-state index >= 15 is 0 Å². The number of aromatic nitrogens is 3. The quantitative estimate of drug-likeness (QED) is 0.257. The van der Waals surface area contributed by atoms with E-state index in [1.165, 1.54) is 0 Å². The summed E-state index contributed by atoms with van der Waals surface area (Å²) in [5.41, 5.74) is 3.91. The molecule has 0 amide bonds. The van der Waals surface area contributed by atoms with Gasteiger partial charge in [-0.3, -0.25) is 4.72 Å². The minimum absolute atomic E-state index is 0.470. The van der Waals surface area contributed by atoms with E-state index in [-0.39, 0.29) is 0 Å². The van der Waals surface area contributed by atoms with Crippen LogP contribution in [-0.4, -0.2) is 47.8 Å². The van der Waals surface area contributed by atoms with Crippen LogP contribution in [0.2, 0.25) is 0 Å². The fourth-order valence-corrected chi connectivity index (χ4v) is 4.09. The van der Waals surface area contributed by atoms with Gasteiger partial charge in [0, 0.05) is 47.9 Å². The summed E-state index contributed by atoms with van der Waals surface area (Å²) in [6, 6.07) is 17.1. The molecule has 10 heteroatoms. The molecular weight excluding hydrogens is 462 g/mol. The average molecular weight is 494 g/mol. The number of fused-ring (bicyclic) bond motifs is 1. The molecule has 2 aromatic carbocycles. The Hall–Kier alpha value is -3.63. The van der Waals surface area contributed by atoms with Crippen LogP contribution in [0.25, 0.3) is 16.7 Å². The van der Waals surface area contributed by atoms with Gasteiger partial charge in [-0.1, -0.05) is 6.07 Å². The summed E-state index contributed by atoms with van der Waals surface area (Å²) < 4.78 is 28.8. The number of hydrogen-bond acceptors (Lipinski definition) is 7. The van der Waals surface area contributed by atoms with Crippen LogP contribution in [0, 0.1) is 0 Å². The molecule has 0 saturated heterocycles. The molecule has 184 valence electrons. The molecular formula is C25H31N7O2S. The van der Waals surface area contributed by atoms with Crippen molar-refractivity contribution in [2.75, 3.05) is 35.5 Å². The third-order valence-electron chi connectivity index (χ3n) is 5.46. The van der Waals surface area contributed by atoms with Crippen LogP contribution in [0.1, 0.15) is 20.8 Å². The van der Waals surface area contributed by atoms with E-state index in [0.717, 1.165) is 35.5 Å². The molecule has 0 fully saturated rings. The molecule has 9 nitrogen and oxygen atoms in total. The van der Waals surface area contributed by atoms with E-state index in [4.69, 9.17) is 4.98 Å². The van der Waals surface area contributed by atoms with Crippen LogP contribution in [0.15, 0.2) is 67.0 Å². The fraction of sp³-hybridized carbons (Fsp3) is 0.280. The van der Waals surface area contributed by atoms with Crippen molar-refractivity contribution in [1.82, 2.24) is 19.9 Å². The van der Waals surface area contributed by atoms with E-state index in [1.54, 1.807) is 39.1 Å². The second-order valence-corrected chi connectivity index (χ2v) is 11.6. The molecule has 0 radical (unpaired) electrons. The molecule has 0 bridgehead atoms. The summed E-state index contributed by atoms with van der Waals surface area (Å²) in [5, 5.41) is 10.6. The van der Waals surface area contributed by atoms with Gasteiger partial charge in [-0.05, 0) is 76.3 Å². The number of nitrogens with one attached hydrogen (secondary N) is 4. The summed E-state index contributed by atoms with van der Waals surface area (Å²) in [4.78, 5) is 9.15. The highest BCUT2D eigenvalue weighted by molar-refractivity contribution is 7.94. The van der Waals surface area contributed by atoms with Gasteiger partial charge in [-0.15, -0.1) is 0 Å². The van der Waals surface area contributed by atoms with Gasteiger partial charge in [-0.25, -0.2) is 13.4 Å². The summed E-state index contributed by atoms with van der Waals surface area (Å²) in [6.45, 7) is 6.73. The zero-order chi connectivity index (χ0) is 25.1. The number of sulfonamides is 1. The first kappa shape index (κ1) is 24.5. The maximum atomic E-state index is 12.6. The zero-order valence-corrected chi connectivity index (χ0v) is 21.1. The number of nitrogens with zero attached hydrogens (tertiary/aromatic N) is 3. The van der Waals surface area contributed by atoms with Crippen molar-refractivity contribution >= 4 is 44.1 Å². The highest BCUT2D eigenvalue weighted by Gasteiger charge is 2.28. The lowest BCUT2D eigenvalue weighted by Crippen LogP contribution is -2.33. The Labute approximate surface area is 206 Å². The van der Waals surface area contributed by atoms with Crippen molar-refractivity contribution in [2.45, 2.75) is 25.5 Å². The maximum absolute atomic E-state index is 12.6. The topological polar surface area (TPSA) is 113 Å². The molecule has 4 aromatic rings. The predicted octanol–water partition coefficient (Wildman–Crippen LogP) is 4.34. The van der Waals surface area contributed by atoms with E-state index in [1.807, 2.05) is 60.3 Å². The second kappa shape index (κ2) is 9.93. The summed E-state index contributed by atoms with van der Waals surface area (Å²) in [5.74, 6) is 0.470. The highest BCUT2D eigenvalue weighted by Crippen LogP contribution is 2.25. The summed E-state index contributed by atoms with van der Waals surface area (Å²) in [6.07, 6.45) is 3.66. The normalized spacial score (nSPS) is 12.0. The molecule has 0 aliphatic rings. The number of benzene rings is 2. The molecule has 0 unspecified atom stereocenters. The first-order valence-electron chi connectivity index (χ1n) is 11.4. The molecule has 0 atom stereocenters. The number of hydrogen-bond donors (Lipinski definition) is 4. The first-order chi connectivity index (χ1) is 16.7. The summed E-state index contributed by atoms with van der Waals surface area (Å²) >= 11 is 0. The van der Waals surface area contributed by atoms with Crippen LogP contribution >= 0.6 is 0 Å². The SMILES string of the molecule is CNCCNc1ccc(Nc2ncc3ccn(-c4cccc(NS(=O)(=O)C(C)(C)C)c4)c3n2)cc1. The van der Waals surface area contributed by atoms with Crippen molar-refractivity contribution in [3.63, 3.8) is 0 Å². The zero-order valence-electron chi connectivity index (χ0n) is 20.3. The fourth-order valence-electron chi connectivity index (χ4n) is 3.35. The lowest BCUT2D eigenvalue weighted by Gasteiger charge is -2.20. The van der Waals surface area contributed by atoms with Crippen molar-refractivity contribution in [1.29, 1.82) is 0 Å². The Kier molecular flexibility index (Phi) is 6.95. The van der Waals surface area contributed by atoms with Crippen molar-refractivity contribution in [2.24, 2.45) is 0 Å². The van der Waals surface area contributed by atoms with Crippen LogP contribution < -0.4 is 20.7 Å². The standard InChI is InChI=1S/C25H31N7O2S/c1-25(2,3)35(33,34)31-21-6-5-7-22(16-21)32-15-12-18-17-28-24(30-23(18)32)29-20-10-8-19(9-11-20)27-14-13-26-4/h5-12,15-17,26-27,31H,13-14H2,1-4H3,(H,28,29,30). The minimum atomic E-state index is -3.53. The summed E-state index contributed by atoms with van der Waals surface area (Å²) in [7, 11) is -1.61. The van der Waals surface area contributed by atoms with E-state index in [0.29, 0.717) is 17.3 Å². The van der Waals surface area contributed by atoms with E-state index in [2.05, 4.69) is 25.7 Å². The predicted molar refractivity (Wildman–Crippen MR) is 143 cm³/mol. The monoisotopic (exact) mass is 493 g/mol. The molecule has 35 heavy (non-hydrogen) atoms. The minimum Gasteiger partial charge on any atom is -0.384 e. The van der Waals surface area contributed by atoms with Crippen molar-refractivity contribution in [3.05, 3.63) is 67.0 Å². The van der Waals surface area contributed by atoms with Crippen molar-refractivity contribution in [3.8, 4) is 5.69 Å². The Morgan fingerprint density at radius 2 is 1.69 bits per heavy atom. The molecule has 0 aliphatic carbocycles. The lowest BCUT2D eigenvalue weighted by atomic mass is 10.3. The number of rotatable bonds is 9. The smallest absolute Gasteiger partial charge is 0.237 e. The Bertz CT molecular complexity index is 1410. The molecule has 0 aliphatic heterocycles. The third-order valence-corrected chi connectivity index (χ3v) is 7.57. The van der Waals surface area contributed by atoms with Gasteiger partial charge in [0.1, 0.15) is 5.65 Å². The van der Waals surface area contributed by atoms with E-state index < -0.39 is 14.8 Å². The molecule has 4 rings (SSSR count). The average Bonchev–Trinajstić information content (AvgIpc) is 3.23. The second-order valence-electron chi connectivity index (χ2n) is 9.16. The number of anilines is 4. The Balaban J connectivity index is 1.56. The van der Waals surface area contributed by atoms with Crippen LogP contribution in [0.3, 0.4) is 0 Å². The van der Waals surface area contributed by atoms with Gasteiger partial charge >= 0.3 is 0 Å². The Morgan fingerprint density at radius 1 is 0.943 bits per heavy atom. The van der Waals surface area contributed by atoms with Gasteiger partial charge in [0.15, 0.2) is 0 Å². The third kappa shape index (κ3) is 5.72. The molecule has 2 aromatic heterocycles.